The number of nitrogens with one attached hydrogen (secondary N) is 1. The number of rotatable bonds is 10. The first kappa shape index (κ1) is 23.1. The first-order chi connectivity index (χ1) is 13.8. The van der Waals surface area contributed by atoms with E-state index in [0.29, 0.717) is 22.7 Å². The van der Waals surface area contributed by atoms with E-state index in [4.69, 9.17) is 13.8 Å². The zero-order chi connectivity index (χ0) is 21.6. The van der Waals surface area contributed by atoms with Gasteiger partial charge in [0.25, 0.3) is 0 Å². The molecule has 0 saturated heterocycles. The van der Waals surface area contributed by atoms with E-state index in [0.717, 1.165) is 11.4 Å². The van der Waals surface area contributed by atoms with Crippen LogP contribution in [0.25, 0.3) is 0 Å². The van der Waals surface area contributed by atoms with Crippen molar-refractivity contribution < 1.29 is 23.5 Å². The molecule has 0 saturated carbocycles. The number of benzene rings is 1. The Hall–Kier alpha value is -2.15. The van der Waals surface area contributed by atoms with Crippen molar-refractivity contribution in [3.05, 3.63) is 41.0 Å². The molecule has 160 valence electrons. The summed E-state index contributed by atoms with van der Waals surface area (Å²) in [4.78, 5) is 8.57. The molecule has 0 aliphatic heterocycles. The normalized spacial score (nSPS) is 12.6. The molecule has 2 rings (SSSR count). The molecular formula is C20H30N3O5P. The molecular weight excluding hydrogens is 393 g/mol. The average Bonchev–Trinajstić information content (AvgIpc) is 2.66. The van der Waals surface area contributed by atoms with Gasteiger partial charge in [0.05, 0.1) is 37.9 Å². The first-order valence-corrected chi connectivity index (χ1v) is 11.2. The summed E-state index contributed by atoms with van der Waals surface area (Å²) < 4.78 is 30.2. The maximum atomic E-state index is 13.7. The minimum Gasteiger partial charge on any atom is -0.504 e. The fourth-order valence-electron chi connectivity index (χ4n) is 3.07. The SMILES string of the molecule is CCOP(=O)(OCC)C(CNc1cnc(C)nc1C)c1cc(C)c(O)c(OC)c1. The molecule has 0 radical (unpaired) electrons. The fourth-order valence-corrected chi connectivity index (χ4v) is 5.06. The third-order valence-electron chi connectivity index (χ3n) is 4.48. The molecule has 29 heavy (non-hydrogen) atoms. The summed E-state index contributed by atoms with van der Waals surface area (Å²) in [6.07, 6.45) is 1.70. The smallest absolute Gasteiger partial charge is 0.339 e. The Morgan fingerprint density at radius 3 is 2.38 bits per heavy atom. The lowest BCUT2D eigenvalue weighted by molar-refractivity contribution is 0.213. The largest absolute Gasteiger partial charge is 0.504 e. The van der Waals surface area contributed by atoms with Gasteiger partial charge in [-0.25, -0.2) is 9.97 Å². The van der Waals surface area contributed by atoms with Crippen LogP contribution in [0, 0.1) is 20.8 Å². The van der Waals surface area contributed by atoms with E-state index in [1.165, 1.54) is 7.11 Å². The van der Waals surface area contributed by atoms with Crippen LogP contribution in [-0.4, -0.2) is 41.9 Å². The van der Waals surface area contributed by atoms with Gasteiger partial charge in [-0.05, 0) is 51.8 Å². The van der Waals surface area contributed by atoms with Crippen molar-refractivity contribution in [2.45, 2.75) is 40.3 Å². The van der Waals surface area contributed by atoms with Crippen molar-refractivity contribution in [2.24, 2.45) is 0 Å². The molecule has 0 aliphatic rings. The van der Waals surface area contributed by atoms with Crippen LogP contribution >= 0.6 is 7.60 Å². The molecule has 8 nitrogen and oxygen atoms in total. The number of nitrogens with zero attached hydrogens (tertiary/aromatic N) is 2. The van der Waals surface area contributed by atoms with Crippen LogP contribution in [0.3, 0.4) is 0 Å². The molecule has 1 unspecified atom stereocenters. The van der Waals surface area contributed by atoms with Crippen LogP contribution in [0.5, 0.6) is 11.5 Å². The molecule has 2 N–H and O–H groups in total. The maximum absolute atomic E-state index is 13.7. The highest BCUT2D eigenvalue weighted by Crippen LogP contribution is 2.61. The van der Waals surface area contributed by atoms with Crippen LogP contribution in [0.4, 0.5) is 5.69 Å². The summed E-state index contributed by atoms with van der Waals surface area (Å²) in [5.74, 6) is 1.03. The van der Waals surface area contributed by atoms with Crippen molar-refractivity contribution in [1.82, 2.24) is 9.97 Å². The van der Waals surface area contributed by atoms with Gasteiger partial charge < -0.3 is 24.2 Å². The molecule has 0 fully saturated rings. The molecule has 1 aromatic carbocycles. The molecule has 1 aromatic heterocycles. The van der Waals surface area contributed by atoms with Crippen LogP contribution in [-0.2, 0) is 13.6 Å². The van der Waals surface area contributed by atoms with Gasteiger partial charge in [0, 0.05) is 6.54 Å². The Labute approximate surface area is 172 Å². The number of ether oxygens (including phenoxy) is 1. The quantitative estimate of drug-likeness (QED) is 0.537. The lowest BCUT2D eigenvalue weighted by Gasteiger charge is -2.28. The van der Waals surface area contributed by atoms with E-state index in [1.807, 2.05) is 13.8 Å². The minimum atomic E-state index is -3.52. The van der Waals surface area contributed by atoms with Crippen LogP contribution in [0.1, 0.15) is 42.2 Å². The summed E-state index contributed by atoms with van der Waals surface area (Å²) in [5, 5.41) is 13.5. The monoisotopic (exact) mass is 423 g/mol. The summed E-state index contributed by atoms with van der Waals surface area (Å²) in [6, 6.07) is 3.44. The average molecular weight is 423 g/mol. The van der Waals surface area contributed by atoms with Crippen LogP contribution < -0.4 is 10.1 Å². The molecule has 0 amide bonds. The topological polar surface area (TPSA) is 103 Å². The number of aromatic hydroxyl groups is 1. The maximum Gasteiger partial charge on any atom is 0.339 e. The lowest BCUT2D eigenvalue weighted by Crippen LogP contribution is -2.17. The van der Waals surface area contributed by atoms with Gasteiger partial charge in [0.15, 0.2) is 11.5 Å². The number of methoxy groups -OCH3 is 1. The zero-order valence-corrected chi connectivity index (χ0v) is 18.7. The summed E-state index contributed by atoms with van der Waals surface area (Å²) >= 11 is 0. The summed E-state index contributed by atoms with van der Waals surface area (Å²) in [7, 11) is -2.04. The van der Waals surface area contributed by atoms with Crippen molar-refractivity contribution >= 4 is 13.3 Å². The fraction of sp³-hybridized carbons (Fsp3) is 0.500. The lowest BCUT2D eigenvalue weighted by atomic mass is 10.1. The Morgan fingerprint density at radius 2 is 1.83 bits per heavy atom. The highest BCUT2D eigenvalue weighted by molar-refractivity contribution is 7.54. The van der Waals surface area contributed by atoms with E-state index in [-0.39, 0.29) is 25.5 Å². The first-order valence-electron chi connectivity index (χ1n) is 9.56. The predicted octanol–water partition coefficient (Wildman–Crippen LogP) is 4.54. The molecule has 0 bridgehead atoms. The Balaban J connectivity index is 2.48. The molecule has 1 atom stereocenters. The third-order valence-corrected chi connectivity index (χ3v) is 6.96. The molecule has 0 aliphatic carbocycles. The van der Waals surface area contributed by atoms with Gasteiger partial charge in [-0.3, -0.25) is 4.57 Å². The second-order valence-electron chi connectivity index (χ2n) is 6.58. The summed E-state index contributed by atoms with van der Waals surface area (Å²) in [5.41, 5.74) is 2.19. The number of aryl methyl sites for hydroxylation is 3. The molecule has 9 heteroatoms. The highest BCUT2D eigenvalue weighted by atomic mass is 31.2. The Morgan fingerprint density at radius 1 is 1.17 bits per heavy atom. The third kappa shape index (κ3) is 5.47. The highest BCUT2D eigenvalue weighted by Gasteiger charge is 2.37. The number of hydrogen-bond donors (Lipinski definition) is 2. The van der Waals surface area contributed by atoms with Crippen molar-refractivity contribution in [1.29, 1.82) is 0 Å². The van der Waals surface area contributed by atoms with Gasteiger partial charge in [-0.1, -0.05) is 6.07 Å². The standard InChI is InChI=1S/C20H30N3O5P/c1-7-27-29(25,28-8-2)19(12-22-17-11-21-15(5)23-14(17)4)16-9-13(3)20(24)18(10-16)26-6/h9-11,19,22,24H,7-8,12H2,1-6H3. The molecule has 1 heterocycles. The number of phenolic OH excluding ortho intramolecular Hbond substituents is 1. The van der Waals surface area contributed by atoms with Gasteiger partial charge >= 0.3 is 7.60 Å². The predicted molar refractivity (Wildman–Crippen MR) is 113 cm³/mol. The summed E-state index contributed by atoms with van der Waals surface area (Å²) in [6.45, 7) is 9.76. The van der Waals surface area contributed by atoms with Gasteiger partial charge in [-0.2, -0.15) is 0 Å². The van der Waals surface area contributed by atoms with E-state index in [9.17, 15) is 9.67 Å². The number of hydrogen-bond acceptors (Lipinski definition) is 8. The second-order valence-corrected chi connectivity index (χ2v) is 8.80. The number of phenols is 1. The van der Waals surface area contributed by atoms with E-state index in [1.54, 1.807) is 39.1 Å². The van der Waals surface area contributed by atoms with Gasteiger partial charge in [0.2, 0.25) is 0 Å². The van der Waals surface area contributed by atoms with Gasteiger partial charge in [0.1, 0.15) is 11.5 Å². The van der Waals surface area contributed by atoms with E-state index < -0.39 is 13.3 Å². The number of aromatic nitrogens is 2. The second kappa shape index (κ2) is 10.1. The molecule has 0 spiro atoms. The van der Waals surface area contributed by atoms with Crippen molar-refractivity contribution in [3.63, 3.8) is 0 Å². The molecule has 2 aromatic rings. The van der Waals surface area contributed by atoms with Gasteiger partial charge in [-0.15, -0.1) is 0 Å². The van der Waals surface area contributed by atoms with Crippen LogP contribution in [0.15, 0.2) is 18.3 Å². The minimum absolute atomic E-state index is 0.0494. The zero-order valence-electron chi connectivity index (χ0n) is 17.9. The Bertz CT molecular complexity index is 881. The van der Waals surface area contributed by atoms with Crippen molar-refractivity contribution in [3.8, 4) is 11.5 Å². The van der Waals surface area contributed by atoms with Crippen molar-refractivity contribution in [2.75, 3.05) is 32.2 Å². The van der Waals surface area contributed by atoms with E-state index >= 15 is 0 Å². The van der Waals surface area contributed by atoms with Crippen LogP contribution in [0.2, 0.25) is 0 Å². The Kier molecular flexibility index (Phi) is 8.02. The number of anilines is 1. The van der Waals surface area contributed by atoms with E-state index in [2.05, 4.69) is 15.3 Å².